The van der Waals surface area contributed by atoms with Crippen molar-refractivity contribution in [2.45, 2.75) is 38.2 Å². The molecule has 0 amide bonds. The van der Waals surface area contributed by atoms with Crippen molar-refractivity contribution in [3.05, 3.63) is 48.0 Å². The molecule has 16 heavy (non-hydrogen) atoms. The predicted molar refractivity (Wildman–Crippen MR) is 73.3 cm³/mol. The van der Waals surface area contributed by atoms with E-state index in [-0.39, 0.29) is 6.10 Å². The van der Waals surface area contributed by atoms with Crippen LogP contribution in [0.15, 0.2) is 42.5 Å². The second kappa shape index (κ2) is 6.02. The summed E-state index contributed by atoms with van der Waals surface area (Å²) in [7, 11) is -0.977. The zero-order chi connectivity index (χ0) is 12.0. The maximum absolute atomic E-state index is 9.91. The van der Waals surface area contributed by atoms with Crippen molar-refractivity contribution in [2.75, 3.05) is 0 Å². The second-order valence-electron chi connectivity index (χ2n) is 5.40. The van der Waals surface area contributed by atoms with E-state index in [4.69, 9.17) is 0 Å². The Balaban J connectivity index is 2.39. The van der Waals surface area contributed by atoms with Gasteiger partial charge < -0.3 is 5.11 Å². The molecule has 88 valence electrons. The molecule has 0 heterocycles. The zero-order valence-corrected chi connectivity index (χ0v) is 11.5. The normalized spacial score (nSPS) is 14.2. The minimum absolute atomic E-state index is 0.362. The molecule has 0 radical (unpaired) electrons. The number of benzene rings is 1. The van der Waals surface area contributed by atoms with Crippen LogP contribution in [0.1, 0.15) is 18.1 Å². The lowest BCUT2D eigenvalue weighted by molar-refractivity contribution is 0.181. The van der Waals surface area contributed by atoms with Crippen LogP contribution >= 0.6 is 0 Å². The third-order valence-electron chi connectivity index (χ3n) is 2.44. The first-order valence-electron chi connectivity index (χ1n) is 5.87. The van der Waals surface area contributed by atoms with Crippen LogP contribution in [-0.4, -0.2) is 13.2 Å². The quantitative estimate of drug-likeness (QED) is 0.603. The Hall–Kier alpha value is -0.863. The summed E-state index contributed by atoms with van der Waals surface area (Å²) in [6, 6.07) is 11.0. The van der Waals surface area contributed by atoms with E-state index in [1.165, 1.54) is 6.04 Å². The molecular weight excluding hydrogens is 212 g/mol. The Kier molecular flexibility index (Phi) is 4.96. The highest BCUT2D eigenvalue weighted by atomic mass is 28.3. The van der Waals surface area contributed by atoms with Crippen LogP contribution in [-0.2, 0) is 0 Å². The van der Waals surface area contributed by atoms with Gasteiger partial charge in [-0.25, -0.2) is 0 Å². The summed E-state index contributed by atoms with van der Waals surface area (Å²) in [5.41, 5.74) is 1.00. The van der Waals surface area contributed by atoms with Gasteiger partial charge in [-0.05, 0) is 18.0 Å². The van der Waals surface area contributed by atoms with Crippen LogP contribution in [0.25, 0.3) is 0 Å². The molecule has 0 bridgehead atoms. The van der Waals surface area contributed by atoms with E-state index in [1.54, 1.807) is 0 Å². The van der Waals surface area contributed by atoms with Gasteiger partial charge in [0.1, 0.15) is 0 Å². The minimum atomic E-state index is -0.977. The highest BCUT2D eigenvalue weighted by molar-refractivity contribution is 6.76. The average Bonchev–Trinajstić information content (AvgIpc) is 2.24. The monoisotopic (exact) mass is 234 g/mol. The lowest BCUT2D eigenvalue weighted by Gasteiger charge is -2.12. The molecule has 1 N–H and O–H groups in total. The Labute approximate surface area is 99.8 Å². The van der Waals surface area contributed by atoms with Crippen LogP contribution in [0.3, 0.4) is 0 Å². The summed E-state index contributed by atoms with van der Waals surface area (Å²) in [6.07, 6.45) is 4.68. The zero-order valence-electron chi connectivity index (χ0n) is 10.5. The van der Waals surface area contributed by atoms with Gasteiger partial charge in [-0.15, -0.1) is 0 Å². The summed E-state index contributed by atoms with van der Waals surface area (Å²) >= 11 is 0. The molecule has 1 aromatic carbocycles. The van der Waals surface area contributed by atoms with E-state index in [9.17, 15) is 5.11 Å². The van der Waals surface area contributed by atoms with E-state index < -0.39 is 8.07 Å². The first-order valence-corrected chi connectivity index (χ1v) is 9.58. The lowest BCUT2D eigenvalue weighted by atomic mass is 10.1. The van der Waals surface area contributed by atoms with Crippen molar-refractivity contribution >= 4 is 8.07 Å². The fourth-order valence-electron chi connectivity index (χ4n) is 1.47. The molecule has 0 unspecified atom stereocenters. The molecule has 0 aliphatic heterocycles. The van der Waals surface area contributed by atoms with E-state index >= 15 is 0 Å². The summed E-state index contributed by atoms with van der Waals surface area (Å²) in [5, 5.41) is 9.91. The minimum Gasteiger partial charge on any atom is -0.388 e. The number of hydrogen-bond donors (Lipinski definition) is 1. The molecule has 1 aromatic rings. The van der Waals surface area contributed by atoms with Gasteiger partial charge in [-0.1, -0.05) is 62.1 Å². The Bertz CT molecular complexity index is 324. The lowest BCUT2D eigenvalue weighted by Crippen LogP contribution is -2.17. The summed E-state index contributed by atoms with van der Waals surface area (Å²) in [4.78, 5) is 0. The summed E-state index contributed by atoms with van der Waals surface area (Å²) in [5.74, 6) is 0. The van der Waals surface area contributed by atoms with E-state index in [1.807, 2.05) is 30.3 Å². The molecule has 0 aliphatic carbocycles. The molecule has 0 spiro atoms. The molecule has 2 heteroatoms. The van der Waals surface area contributed by atoms with Crippen LogP contribution in [0.5, 0.6) is 0 Å². The van der Waals surface area contributed by atoms with Crippen LogP contribution in [0.4, 0.5) is 0 Å². The number of aliphatic hydroxyl groups excluding tert-OH is 1. The van der Waals surface area contributed by atoms with Gasteiger partial charge in [0.2, 0.25) is 0 Å². The molecule has 1 nitrogen and oxygen atoms in total. The summed E-state index contributed by atoms with van der Waals surface area (Å²) in [6.45, 7) is 7.06. The van der Waals surface area contributed by atoms with Gasteiger partial charge in [-0.3, -0.25) is 0 Å². The van der Waals surface area contributed by atoms with Gasteiger partial charge in [0.15, 0.2) is 0 Å². The molecule has 1 rings (SSSR count). The largest absolute Gasteiger partial charge is 0.388 e. The molecular formula is C14H22OSi. The molecule has 0 saturated heterocycles. The highest BCUT2D eigenvalue weighted by Crippen LogP contribution is 2.17. The van der Waals surface area contributed by atoms with Gasteiger partial charge in [0, 0.05) is 8.07 Å². The Morgan fingerprint density at radius 2 is 1.75 bits per heavy atom. The Morgan fingerprint density at radius 1 is 1.12 bits per heavy atom. The van der Waals surface area contributed by atoms with Gasteiger partial charge in [0.25, 0.3) is 0 Å². The van der Waals surface area contributed by atoms with Gasteiger partial charge >= 0.3 is 0 Å². The maximum atomic E-state index is 9.91. The van der Waals surface area contributed by atoms with Gasteiger partial charge in [0.05, 0.1) is 6.10 Å². The summed E-state index contributed by atoms with van der Waals surface area (Å²) < 4.78 is 0. The topological polar surface area (TPSA) is 20.2 Å². The first-order chi connectivity index (χ1) is 7.49. The number of rotatable bonds is 5. The average molecular weight is 234 g/mol. The van der Waals surface area contributed by atoms with Crippen molar-refractivity contribution in [1.82, 2.24) is 0 Å². The Morgan fingerprint density at radius 3 is 2.31 bits per heavy atom. The molecule has 0 saturated carbocycles. The van der Waals surface area contributed by atoms with Crippen molar-refractivity contribution < 1.29 is 5.11 Å². The molecule has 0 aromatic heterocycles. The van der Waals surface area contributed by atoms with Crippen LogP contribution in [0, 0.1) is 0 Å². The third-order valence-corrected chi connectivity index (χ3v) is 3.90. The van der Waals surface area contributed by atoms with Crippen LogP contribution in [0.2, 0.25) is 25.7 Å². The fraction of sp³-hybridized carbons (Fsp3) is 0.429. The smallest absolute Gasteiger partial charge is 0.0824 e. The SMILES string of the molecule is C[Si](C)(C)C/C=C/C[C@H](O)c1ccccc1. The number of aliphatic hydroxyl groups is 1. The predicted octanol–water partition coefficient (Wildman–Crippen LogP) is 4.00. The van der Waals surface area contributed by atoms with Crippen LogP contribution < -0.4 is 0 Å². The van der Waals surface area contributed by atoms with Crippen molar-refractivity contribution in [1.29, 1.82) is 0 Å². The van der Waals surface area contributed by atoms with Crippen molar-refractivity contribution in [3.63, 3.8) is 0 Å². The fourth-order valence-corrected chi connectivity index (χ4v) is 2.35. The van der Waals surface area contributed by atoms with E-state index in [2.05, 4.69) is 31.8 Å². The standard InChI is InChI=1S/C14H22OSi/c1-16(2,3)12-8-7-11-14(15)13-9-5-4-6-10-13/h4-10,14-15H,11-12H2,1-3H3/b8-7+/t14-/m0/s1. The first kappa shape index (κ1) is 13.2. The number of hydrogen-bond acceptors (Lipinski definition) is 1. The van der Waals surface area contributed by atoms with E-state index in [0.29, 0.717) is 6.42 Å². The maximum Gasteiger partial charge on any atom is 0.0824 e. The van der Waals surface area contributed by atoms with Crippen molar-refractivity contribution in [2.24, 2.45) is 0 Å². The second-order valence-corrected chi connectivity index (χ2v) is 10.9. The molecule has 0 fully saturated rings. The number of allylic oxidation sites excluding steroid dienone is 1. The molecule has 0 aliphatic rings. The highest BCUT2D eigenvalue weighted by Gasteiger charge is 2.09. The van der Waals surface area contributed by atoms with Gasteiger partial charge in [-0.2, -0.15) is 0 Å². The third kappa shape index (κ3) is 5.28. The molecule has 1 atom stereocenters. The van der Waals surface area contributed by atoms with E-state index in [0.717, 1.165) is 5.56 Å². The van der Waals surface area contributed by atoms with Crippen molar-refractivity contribution in [3.8, 4) is 0 Å².